The van der Waals surface area contributed by atoms with Gasteiger partial charge < -0.3 is 19.5 Å². The van der Waals surface area contributed by atoms with Gasteiger partial charge in [0.2, 0.25) is 0 Å². The van der Waals surface area contributed by atoms with Crippen LogP contribution in [0, 0.1) is 0 Å². The molecule has 6 nitrogen and oxygen atoms in total. The Labute approximate surface area is 154 Å². The monoisotopic (exact) mass is 407 g/mol. The van der Waals surface area contributed by atoms with Crippen molar-refractivity contribution in [3.8, 4) is 11.5 Å². The minimum Gasteiger partial charge on any atom is -0.497 e. The molecule has 0 saturated heterocycles. The van der Waals surface area contributed by atoms with Crippen LogP contribution in [0.15, 0.2) is 53.0 Å². The van der Waals surface area contributed by atoms with Crippen molar-refractivity contribution in [1.29, 1.82) is 0 Å². The molecule has 7 heteroatoms. The Hall–Kier alpha value is -2.54. The minimum atomic E-state index is -0.612. The second-order valence-electron chi connectivity index (χ2n) is 5.03. The number of hydrogen-bond donors (Lipinski definition) is 1. The molecule has 0 radical (unpaired) electrons. The van der Waals surface area contributed by atoms with Crippen LogP contribution in [0.2, 0.25) is 0 Å². The van der Waals surface area contributed by atoms with E-state index in [0.717, 1.165) is 10.0 Å². The van der Waals surface area contributed by atoms with E-state index in [9.17, 15) is 9.59 Å². The molecule has 2 aromatic carbocycles. The number of carbonyl (C=O) groups excluding carboxylic acids is 2. The second kappa shape index (κ2) is 9.68. The predicted octanol–water partition coefficient (Wildman–Crippen LogP) is 2.70. The lowest BCUT2D eigenvalue weighted by molar-refractivity contribution is -0.150. The van der Waals surface area contributed by atoms with Crippen LogP contribution in [0.1, 0.15) is 5.56 Å². The van der Waals surface area contributed by atoms with E-state index in [1.54, 1.807) is 31.4 Å². The number of carbonyl (C=O) groups is 2. The van der Waals surface area contributed by atoms with Crippen molar-refractivity contribution < 1.29 is 23.8 Å². The standard InChI is InChI=1S/C18H18BrNO5/c1-23-16-4-2-3-13(9-16)10-20-17(21)11-25-18(22)12-24-15-7-5-14(19)6-8-15/h2-9H,10-12H2,1H3,(H,20,21). The van der Waals surface area contributed by atoms with Crippen molar-refractivity contribution in [2.75, 3.05) is 20.3 Å². The molecule has 0 atom stereocenters. The highest BCUT2D eigenvalue weighted by Gasteiger charge is 2.08. The fraction of sp³-hybridized carbons (Fsp3) is 0.222. The highest BCUT2D eigenvalue weighted by atomic mass is 79.9. The molecule has 1 amide bonds. The lowest BCUT2D eigenvalue weighted by Crippen LogP contribution is -2.29. The summed E-state index contributed by atoms with van der Waals surface area (Å²) >= 11 is 3.31. The summed E-state index contributed by atoms with van der Waals surface area (Å²) in [6.45, 7) is -0.291. The average Bonchev–Trinajstić information content (AvgIpc) is 2.64. The van der Waals surface area contributed by atoms with Crippen LogP contribution in [0.5, 0.6) is 11.5 Å². The summed E-state index contributed by atoms with van der Waals surface area (Å²) < 4.78 is 16.2. The molecule has 1 N–H and O–H groups in total. The van der Waals surface area contributed by atoms with Crippen LogP contribution in [0.3, 0.4) is 0 Å². The summed E-state index contributed by atoms with van der Waals surface area (Å²) in [5, 5.41) is 2.67. The first-order valence-electron chi connectivity index (χ1n) is 7.50. The molecule has 2 rings (SSSR count). The highest BCUT2D eigenvalue weighted by molar-refractivity contribution is 9.10. The van der Waals surface area contributed by atoms with Crippen molar-refractivity contribution in [1.82, 2.24) is 5.32 Å². The van der Waals surface area contributed by atoms with Crippen LogP contribution in [0.4, 0.5) is 0 Å². The van der Waals surface area contributed by atoms with Crippen molar-refractivity contribution in [3.05, 3.63) is 58.6 Å². The van der Waals surface area contributed by atoms with Gasteiger partial charge in [-0.2, -0.15) is 0 Å². The van der Waals surface area contributed by atoms with Gasteiger partial charge in [-0.1, -0.05) is 28.1 Å². The third-order valence-electron chi connectivity index (χ3n) is 3.16. The molecular weight excluding hydrogens is 390 g/mol. The summed E-state index contributed by atoms with van der Waals surface area (Å²) in [6, 6.07) is 14.4. The first kappa shape index (κ1) is 18.8. The van der Waals surface area contributed by atoms with E-state index < -0.39 is 5.97 Å². The molecule has 0 aromatic heterocycles. The van der Waals surface area contributed by atoms with E-state index >= 15 is 0 Å². The van der Waals surface area contributed by atoms with E-state index in [2.05, 4.69) is 21.2 Å². The average molecular weight is 408 g/mol. The zero-order valence-corrected chi connectivity index (χ0v) is 15.2. The number of ether oxygens (including phenoxy) is 3. The normalized spacial score (nSPS) is 10.0. The molecule has 2 aromatic rings. The summed E-state index contributed by atoms with van der Waals surface area (Å²) in [6.07, 6.45) is 0. The van der Waals surface area contributed by atoms with Crippen molar-refractivity contribution in [2.24, 2.45) is 0 Å². The Balaban J connectivity index is 1.66. The molecule has 0 aliphatic carbocycles. The quantitative estimate of drug-likeness (QED) is 0.680. The van der Waals surface area contributed by atoms with Gasteiger partial charge in [0.1, 0.15) is 11.5 Å². The van der Waals surface area contributed by atoms with E-state index in [4.69, 9.17) is 14.2 Å². The molecule has 0 aliphatic heterocycles. The third-order valence-corrected chi connectivity index (χ3v) is 3.69. The largest absolute Gasteiger partial charge is 0.497 e. The van der Waals surface area contributed by atoms with E-state index in [1.807, 2.05) is 24.3 Å². The molecular formula is C18H18BrNO5. The number of halogens is 1. The lowest BCUT2D eigenvalue weighted by Gasteiger charge is -2.08. The Morgan fingerprint density at radius 2 is 1.80 bits per heavy atom. The van der Waals surface area contributed by atoms with Gasteiger partial charge in [-0.05, 0) is 42.0 Å². The molecule has 0 aliphatic rings. The lowest BCUT2D eigenvalue weighted by atomic mass is 10.2. The Kier molecular flexibility index (Phi) is 7.28. The molecule has 0 saturated carbocycles. The fourth-order valence-electron chi connectivity index (χ4n) is 1.89. The van der Waals surface area contributed by atoms with Crippen LogP contribution in [-0.2, 0) is 20.9 Å². The van der Waals surface area contributed by atoms with Crippen LogP contribution < -0.4 is 14.8 Å². The van der Waals surface area contributed by atoms with Crippen LogP contribution in [-0.4, -0.2) is 32.2 Å². The van der Waals surface area contributed by atoms with E-state index in [0.29, 0.717) is 18.0 Å². The molecule has 0 fully saturated rings. The second-order valence-corrected chi connectivity index (χ2v) is 5.95. The number of amides is 1. The van der Waals surface area contributed by atoms with Gasteiger partial charge in [0.05, 0.1) is 7.11 Å². The highest BCUT2D eigenvalue weighted by Crippen LogP contribution is 2.16. The number of nitrogens with one attached hydrogen (secondary N) is 1. The maximum atomic E-state index is 11.7. The smallest absolute Gasteiger partial charge is 0.344 e. The van der Waals surface area contributed by atoms with Gasteiger partial charge in [0.15, 0.2) is 13.2 Å². The van der Waals surface area contributed by atoms with Gasteiger partial charge in [0.25, 0.3) is 5.91 Å². The minimum absolute atomic E-state index is 0.259. The summed E-state index contributed by atoms with van der Waals surface area (Å²) in [4.78, 5) is 23.3. The molecule has 0 bridgehead atoms. The van der Waals surface area contributed by atoms with Gasteiger partial charge >= 0.3 is 5.97 Å². The summed E-state index contributed by atoms with van der Waals surface area (Å²) in [5.74, 6) is 0.255. The summed E-state index contributed by atoms with van der Waals surface area (Å²) in [7, 11) is 1.58. The first-order valence-corrected chi connectivity index (χ1v) is 8.30. The zero-order chi connectivity index (χ0) is 18.1. The van der Waals surface area contributed by atoms with E-state index in [-0.39, 0.29) is 19.1 Å². The van der Waals surface area contributed by atoms with Crippen LogP contribution >= 0.6 is 15.9 Å². The zero-order valence-electron chi connectivity index (χ0n) is 13.7. The van der Waals surface area contributed by atoms with Crippen molar-refractivity contribution in [3.63, 3.8) is 0 Å². The molecule has 25 heavy (non-hydrogen) atoms. The number of rotatable bonds is 8. The van der Waals surface area contributed by atoms with Gasteiger partial charge in [0, 0.05) is 11.0 Å². The van der Waals surface area contributed by atoms with Crippen LogP contribution in [0.25, 0.3) is 0 Å². The molecule has 132 valence electrons. The Morgan fingerprint density at radius 1 is 1.04 bits per heavy atom. The van der Waals surface area contributed by atoms with Crippen molar-refractivity contribution in [2.45, 2.75) is 6.54 Å². The number of benzene rings is 2. The Bertz CT molecular complexity index is 718. The SMILES string of the molecule is COc1cccc(CNC(=O)COC(=O)COc2ccc(Br)cc2)c1. The molecule has 0 heterocycles. The molecule has 0 spiro atoms. The van der Waals surface area contributed by atoms with Gasteiger partial charge in [-0.25, -0.2) is 4.79 Å². The molecule has 0 unspecified atom stereocenters. The van der Waals surface area contributed by atoms with Crippen molar-refractivity contribution >= 4 is 27.8 Å². The Morgan fingerprint density at radius 3 is 2.52 bits per heavy atom. The first-order chi connectivity index (χ1) is 12.1. The van der Waals surface area contributed by atoms with E-state index in [1.165, 1.54) is 0 Å². The number of esters is 1. The maximum absolute atomic E-state index is 11.7. The summed E-state index contributed by atoms with van der Waals surface area (Å²) in [5.41, 5.74) is 0.887. The maximum Gasteiger partial charge on any atom is 0.344 e. The predicted molar refractivity (Wildman–Crippen MR) is 95.4 cm³/mol. The third kappa shape index (κ3) is 6.84. The van der Waals surface area contributed by atoms with Gasteiger partial charge in [-0.15, -0.1) is 0 Å². The topological polar surface area (TPSA) is 73.9 Å². The van der Waals surface area contributed by atoms with Gasteiger partial charge in [-0.3, -0.25) is 4.79 Å². The fourth-order valence-corrected chi connectivity index (χ4v) is 2.16. The number of hydrogen-bond acceptors (Lipinski definition) is 5. The number of methoxy groups -OCH3 is 1.